The maximum Gasteiger partial charge on any atom is 0.422 e. The molecule has 5 nitrogen and oxygen atoms in total. The predicted molar refractivity (Wildman–Crippen MR) is 87.3 cm³/mol. The Labute approximate surface area is 143 Å². The number of aromatic nitrogens is 1. The van der Waals surface area contributed by atoms with Crippen LogP contribution in [0.2, 0.25) is 0 Å². The third kappa shape index (κ3) is 6.24. The fourth-order valence-electron chi connectivity index (χ4n) is 1.72. The molecule has 22 heavy (non-hydrogen) atoms. The minimum atomic E-state index is -4.38. The van der Waals surface area contributed by atoms with Gasteiger partial charge < -0.3 is 15.4 Å². The van der Waals surface area contributed by atoms with E-state index in [1.165, 1.54) is 12.3 Å². The largest absolute Gasteiger partial charge is 0.468 e. The number of nitrogens with two attached hydrogens (primary N) is 1. The first-order valence-electron chi connectivity index (χ1n) is 6.52. The predicted octanol–water partition coefficient (Wildman–Crippen LogP) is 2.55. The van der Waals surface area contributed by atoms with Crippen molar-refractivity contribution in [3.8, 4) is 5.88 Å². The van der Waals surface area contributed by atoms with E-state index in [0.29, 0.717) is 17.6 Å². The summed E-state index contributed by atoms with van der Waals surface area (Å²) in [4.78, 5) is 9.86. The fourth-order valence-corrected chi connectivity index (χ4v) is 1.72. The highest BCUT2D eigenvalue weighted by Gasteiger charge is 2.29. The summed E-state index contributed by atoms with van der Waals surface area (Å²) in [5.74, 6) is 0.348. The van der Waals surface area contributed by atoms with E-state index in [2.05, 4.69) is 14.7 Å². The van der Waals surface area contributed by atoms with Crippen molar-refractivity contribution in [2.24, 2.45) is 10.7 Å². The fraction of sp³-hybridized carbons (Fsp3) is 0.538. The van der Waals surface area contributed by atoms with Crippen molar-refractivity contribution in [1.82, 2.24) is 9.88 Å². The average molecular weight is 430 g/mol. The second-order valence-electron chi connectivity index (χ2n) is 4.92. The maximum absolute atomic E-state index is 12.1. The number of rotatable bonds is 5. The van der Waals surface area contributed by atoms with Gasteiger partial charge in [0.1, 0.15) is 0 Å². The summed E-state index contributed by atoms with van der Waals surface area (Å²) in [7, 11) is 1.88. The van der Waals surface area contributed by atoms with Crippen molar-refractivity contribution in [3.63, 3.8) is 0 Å². The quantitative estimate of drug-likeness (QED) is 0.443. The number of guanidine groups is 1. The van der Waals surface area contributed by atoms with Crippen LogP contribution in [0.15, 0.2) is 23.3 Å². The molecule has 0 saturated heterocycles. The molecule has 1 fully saturated rings. The Kier molecular flexibility index (Phi) is 6.69. The highest BCUT2D eigenvalue weighted by molar-refractivity contribution is 14.0. The second kappa shape index (κ2) is 7.84. The molecule has 0 amide bonds. The monoisotopic (exact) mass is 430 g/mol. The first kappa shape index (κ1) is 18.8. The third-order valence-corrected chi connectivity index (χ3v) is 3.06. The molecule has 1 aromatic rings. The number of aliphatic imine (C=N–C) groups is 1. The Bertz CT molecular complexity index is 520. The van der Waals surface area contributed by atoms with E-state index in [0.717, 1.165) is 12.8 Å². The molecule has 0 spiro atoms. The van der Waals surface area contributed by atoms with E-state index in [1.54, 1.807) is 6.07 Å². The van der Waals surface area contributed by atoms with Gasteiger partial charge in [0.15, 0.2) is 12.6 Å². The zero-order valence-corrected chi connectivity index (χ0v) is 14.3. The first-order valence-corrected chi connectivity index (χ1v) is 6.52. The average Bonchev–Trinajstić information content (AvgIpc) is 3.26. The zero-order chi connectivity index (χ0) is 15.5. The Balaban J connectivity index is 0.00000242. The minimum absolute atomic E-state index is 0. The van der Waals surface area contributed by atoms with Crippen molar-refractivity contribution >= 4 is 29.9 Å². The maximum atomic E-state index is 12.1. The number of hydrogen-bond donors (Lipinski definition) is 1. The summed E-state index contributed by atoms with van der Waals surface area (Å²) in [6.07, 6.45) is -0.778. The zero-order valence-electron chi connectivity index (χ0n) is 12.0. The molecule has 0 atom stereocenters. The van der Waals surface area contributed by atoms with Crippen molar-refractivity contribution in [1.29, 1.82) is 0 Å². The van der Waals surface area contributed by atoms with Gasteiger partial charge >= 0.3 is 6.18 Å². The number of halogens is 4. The number of alkyl halides is 3. The van der Waals surface area contributed by atoms with Crippen LogP contribution in [0.1, 0.15) is 18.4 Å². The van der Waals surface area contributed by atoms with Crippen molar-refractivity contribution in [3.05, 3.63) is 23.9 Å². The van der Waals surface area contributed by atoms with E-state index < -0.39 is 12.8 Å². The van der Waals surface area contributed by atoms with Gasteiger partial charge in [-0.2, -0.15) is 13.2 Å². The molecule has 0 bridgehead atoms. The lowest BCUT2D eigenvalue weighted by molar-refractivity contribution is -0.154. The smallest absolute Gasteiger partial charge is 0.422 e. The van der Waals surface area contributed by atoms with Crippen LogP contribution in [0.4, 0.5) is 13.2 Å². The van der Waals surface area contributed by atoms with Crippen LogP contribution in [0.5, 0.6) is 5.88 Å². The molecule has 1 aliphatic rings. The number of hydrogen-bond acceptors (Lipinski definition) is 3. The Morgan fingerprint density at radius 1 is 1.50 bits per heavy atom. The summed E-state index contributed by atoms with van der Waals surface area (Å²) >= 11 is 0. The molecule has 2 N–H and O–H groups in total. The van der Waals surface area contributed by atoms with Gasteiger partial charge in [-0.1, -0.05) is 0 Å². The topological polar surface area (TPSA) is 63.7 Å². The first-order chi connectivity index (χ1) is 9.85. The van der Waals surface area contributed by atoms with Crippen molar-refractivity contribution in [2.75, 3.05) is 13.7 Å². The van der Waals surface area contributed by atoms with E-state index in [1.807, 2.05) is 11.9 Å². The van der Waals surface area contributed by atoms with Gasteiger partial charge in [-0.25, -0.2) is 9.98 Å². The second-order valence-corrected chi connectivity index (χ2v) is 4.92. The normalized spacial score (nSPS) is 15.2. The van der Waals surface area contributed by atoms with Gasteiger partial charge in [-0.3, -0.25) is 0 Å². The molecule has 0 aliphatic heterocycles. The molecular weight excluding hydrogens is 412 g/mol. The molecule has 1 heterocycles. The summed E-state index contributed by atoms with van der Waals surface area (Å²) in [5.41, 5.74) is 6.53. The highest BCUT2D eigenvalue weighted by atomic mass is 127. The number of pyridine rings is 1. The van der Waals surface area contributed by atoms with Crippen LogP contribution in [0.25, 0.3) is 0 Å². The molecular formula is C13H18F3IN4O. The van der Waals surface area contributed by atoms with Gasteiger partial charge in [-0.05, 0) is 24.5 Å². The SMILES string of the molecule is CN(C(N)=NCc1ccnc(OCC(F)(F)F)c1)C1CC1.I. The molecule has 9 heteroatoms. The molecule has 1 aromatic heterocycles. The van der Waals surface area contributed by atoms with Crippen LogP contribution in [-0.4, -0.2) is 41.7 Å². The van der Waals surface area contributed by atoms with Gasteiger partial charge in [0.05, 0.1) is 6.54 Å². The summed E-state index contributed by atoms with van der Waals surface area (Å²) in [6, 6.07) is 3.55. The van der Waals surface area contributed by atoms with Gasteiger partial charge in [-0.15, -0.1) is 24.0 Å². The van der Waals surface area contributed by atoms with Crippen molar-refractivity contribution in [2.45, 2.75) is 31.6 Å². The van der Waals surface area contributed by atoms with Gasteiger partial charge in [0.2, 0.25) is 5.88 Å². The van der Waals surface area contributed by atoms with Crippen LogP contribution < -0.4 is 10.5 Å². The van der Waals surface area contributed by atoms with Crippen LogP contribution in [-0.2, 0) is 6.54 Å². The standard InChI is InChI=1S/C13H17F3N4O.HI/c1-20(10-2-3-10)12(17)19-7-9-4-5-18-11(6-9)21-8-13(14,15)16;/h4-6,10H,2-3,7-8H2,1H3,(H2,17,19);1H. The molecule has 0 aromatic carbocycles. The number of ether oxygens (including phenoxy) is 1. The lowest BCUT2D eigenvalue weighted by Crippen LogP contribution is -2.35. The summed E-state index contributed by atoms with van der Waals surface area (Å²) < 4.78 is 40.8. The molecule has 1 aliphatic carbocycles. The minimum Gasteiger partial charge on any atom is -0.468 e. The van der Waals surface area contributed by atoms with E-state index >= 15 is 0 Å². The number of nitrogens with zero attached hydrogens (tertiary/aromatic N) is 3. The lowest BCUT2D eigenvalue weighted by Gasteiger charge is -2.16. The molecule has 2 rings (SSSR count). The van der Waals surface area contributed by atoms with Gasteiger partial charge in [0.25, 0.3) is 0 Å². The van der Waals surface area contributed by atoms with E-state index in [9.17, 15) is 13.2 Å². The molecule has 0 radical (unpaired) electrons. The molecule has 124 valence electrons. The lowest BCUT2D eigenvalue weighted by atomic mass is 10.3. The van der Waals surface area contributed by atoms with E-state index in [4.69, 9.17) is 5.73 Å². The van der Waals surface area contributed by atoms with Crippen LogP contribution in [0.3, 0.4) is 0 Å². The Morgan fingerprint density at radius 2 is 2.18 bits per heavy atom. The van der Waals surface area contributed by atoms with Gasteiger partial charge in [0, 0.05) is 25.4 Å². The molecule has 0 unspecified atom stereocenters. The highest BCUT2D eigenvalue weighted by Crippen LogP contribution is 2.25. The summed E-state index contributed by atoms with van der Waals surface area (Å²) in [6.45, 7) is -1.09. The molecule has 1 saturated carbocycles. The Morgan fingerprint density at radius 3 is 2.77 bits per heavy atom. The van der Waals surface area contributed by atoms with Crippen molar-refractivity contribution < 1.29 is 17.9 Å². The van der Waals surface area contributed by atoms with Crippen LogP contribution >= 0.6 is 24.0 Å². The summed E-state index contributed by atoms with van der Waals surface area (Å²) in [5, 5.41) is 0. The van der Waals surface area contributed by atoms with Crippen LogP contribution in [0, 0.1) is 0 Å². The van der Waals surface area contributed by atoms with E-state index in [-0.39, 0.29) is 36.4 Å². The Hall–Kier alpha value is -1.26. The third-order valence-electron chi connectivity index (χ3n) is 3.06.